The first kappa shape index (κ1) is 11.7. The Labute approximate surface area is 89.1 Å². The van der Waals surface area contributed by atoms with Crippen molar-refractivity contribution in [1.29, 1.82) is 0 Å². The van der Waals surface area contributed by atoms with E-state index in [4.69, 9.17) is 10.8 Å². The molecule has 0 aliphatic carbocycles. The lowest BCUT2D eigenvalue weighted by molar-refractivity contribution is -0.116. The molecule has 15 heavy (non-hydrogen) atoms. The van der Waals surface area contributed by atoms with Gasteiger partial charge in [0.25, 0.3) is 0 Å². The Morgan fingerprint density at radius 2 is 2.13 bits per heavy atom. The monoisotopic (exact) mass is 208 g/mol. The van der Waals surface area contributed by atoms with Crippen molar-refractivity contribution in [3.63, 3.8) is 0 Å². The maximum Gasteiger partial charge on any atom is 0.224 e. The molecule has 0 aliphatic rings. The number of benzene rings is 1. The minimum Gasteiger partial charge on any atom is -0.396 e. The Bertz CT molecular complexity index is 326. The molecule has 0 saturated carbocycles. The number of hydrogen-bond acceptors (Lipinski definition) is 3. The van der Waals surface area contributed by atoms with E-state index < -0.39 is 0 Å². The molecule has 0 spiro atoms. The number of amides is 1. The van der Waals surface area contributed by atoms with Gasteiger partial charge in [-0.15, -0.1) is 0 Å². The second-order valence-corrected chi connectivity index (χ2v) is 3.24. The summed E-state index contributed by atoms with van der Waals surface area (Å²) in [7, 11) is 0. The Morgan fingerprint density at radius 1 is 1.40 bits per heavy atom. The highest BCUT2D eigenvalue weighted by molar-refractivity contribution is 5.91. The van der Waals surface area contributed by atoms with Crippen LogP contribution in [-0.2, 0) is 11.3 Å². The highest BCUT2D eigenvalue weighted by Crippen LogP contribution is 2.14. The van der Waals surface area contributed by atoms with E-state index in [0.29, 0.717) is 19.4 Å². The second kappa shape index (κ2) is 6.16. The molecule has 1 rings (SSSR count). The fourth-order valence-electron chi connectivity index (χ4n) is 1.27. The molecule has 4 nitrogen and oxygen atoms in total. The topological polar surface area (TPSA) is 75.3 Å². The van der Waals surface area contributed by atoms with Crippen LogP contribution in [0.4, 0.5) is 5.69 Å². The molecule has 1 aromatic rings. The zero-order valence-corrected chi connectivity index (χ0v) is 8.57. The van der Waals surface area contributed by atoms with Gasteiger partial charge in [0.1, 0.15) is 0 Å². The lowest BCUT2D eigenvalue weighted by atomic mass is 10.1. The zero-order valence-electron chi connectivity index (χ0n) is 8.57. The largest absolute Gasteiger partial charge is 0.396 e. The van der Waals surface area contributed by atoms with E-state index in [0.717, 1.165) is 11.3 Å². The molecule has 0 aliphatic heterocycles. The smallest absolute Gasteiger partial charge is 0.224 e. The molecule has 1 aromatic carbocycles. The van der Waals surface area contributed by atoms with E-state index in [2.05, 4.69) is 5.32 Å². The van der Waals surface area contributed by atoms with Gasteiger partial charge >= 0.3 is 0 Å². The first-order valence-corrected chi connectivity index (χ1v) is 4.96. The van der Waals surface area contributed by atoms with Gasteiger partial charge in [-0.3, -0.25) is 4.79 Å². The van der Waals surface area contributed by atoms with Crippen LogP contribution in [-0.4, -0.2) is 17.6 Å². The second-order valence-electron chi connectivity index (χ2n) is 3.24. The van der Waals surface area contributed by atoms with E-state index in [1.54, 1.807) is 0 Å². The molecule has 1 amide bonds. The van der Waals surface area contributed by atoms with E-state index in [1.807, 2.05) is 24.3 Å². The molecule has 0 radical (unpaired) electrons. The number of aliphatic hydroxyl groups excluding tert-OH is 1. The predicted octanol–water partition coefficient (Wildman–Crippen LogP) is 0.856. The summed E-state index contributed by atoms with van der Waals surface area (Å²) < 4.78 is 0. The third-order valence-electron chi connectivity index (χ3n) is 2.07. The summed E-state index contributed by atoms with van der Waals surface area (Å²) in [4.78, 5) is 11.4. The van der Waals surface area contributed by atoms with Crippen LogP contribution in [0.1, 0.15) is 18.4 Å². The Hall–Kier alpha value is -1.39. The van der Waals surface area contributed by atoms with Crippen LogP contribution < -0.4 is 11.1 Å². The summed E-state index contributed by atoms with van der Waals surface area (Å²) in [5.74, 6) is -0.0926. The van der Waals surface area contributed by atoms with Crippen LogP contribution in [0, 0.1) is 0 Å². The summed E-state index contributed by atoms with van der Waals surface area (Å²) >= 11 is 0. The number of hydrogen-bond donors (Lipinski definition) is 3. The molecule has 82 valence electrons. The summed E-state index contributed by atoms with van der Waals surface area (Å²) in [6.45, 7) is 0.433. The number of carbonyl (C=O) groups is 1. The van der Waals surface area contributed by atoms with Crippen LogP contribution in [0.25, 0.3) is 0 Å². The number of nitrogens with two attached hydrogens (primary N) is 1. The van der Waals surface area contributed by atoms with Gasteiger partial charge in [-0.2, -0.15) is 0 Å². The normalized spacial score (nSPS) is 10.0. The first-order valence-electron chi connectivity index (χ1n) is 4.96. The van der Waals surface area contributed by atoms with Gasteiger partial charge < -0.3 is 16.2 Å². The van der Waals surface area contributed by atoms with Gasteiger partial charge in [-0.1, -0.05) is 18.2 Å². The Kier molecular flexibility index (Phi) is 4.80. The van der Waals surface area contributed by atoms with Gasteiger partial charge in [-0.05, 0) is 18.1 Å². The van der Waals surface area contributed by atoms with Crippen LogP contribution in [0.5, 0.6) is 0 Å². The molecule has 4 N–H and O–H groups in total. The van der Waals surface area contributed by atoms with Gasteiger partial charge in [0, 0.05) is 25.3 Å². The van der Waals surface area contributed by atoms with Crippen molar-refractivity contribution in [2.24, 2.45) is 5.73 Å². The number of anilines is 1. The number of carbonyl (C=O) groups excluding carboxylic acids is 1. The van der Waals surface area contributed by atoms with Crippen molar-refractivity contribution < 1.29 is 9.90 Å². The van der Waals surface area contributed by atoms with E-state index in [-0.39, 0.29) is 12.5 Å². The van der Waals surface area contributed by atoms with Crippen molar-refractivity contribution >= 4 is 11.6 Å². The standard InChI is InChI=1S/C11H16N2O2/c12-8-9-4-1-2-5-10(9)13-11(15)6-3-7-14/h1-2,4-5,14H,3,6-8,12H2,(H,13,15). The van der Waals surface area contributed by atoms with Crippen LogP contribution in [0.15, 0.2) is 24.3 Å². The fraction of sp³-hybridized carbons (Fsp3) is 0.364. The van der Waals surface area contributed by atoms with Crippen LogP contribution in [0.3, 0.4) is 0 Å². The third kappa shape index (κ3) is 3.69. The molecule has 0 heterocycles. The van der Waals surface area contributed by atoms with Gasteiger partial charge in [-0.25, -0.2) is 0 Å². The minimum absolute atomic E-state index is 0.0337. The third-order valence-corrected chi connectivity index (χ3v) is 2.07. The van der Waals surface area contributed by atoms with Crippen molar-refractivity contribution in [3.05, 3.63) is 29.8 Å². The molecule has 0 fully saturated rings. The van der Waals surface area contributed by atoms with Crippen LogP contribution in [0.2, 0.25) is 0 Å². The average molecular weight is 208 g/mol. The molecule has 0 bridgehead atoms. The van der Waals surface area contributed by atoms with Crippen molar-refractivity contribution in [1.82, 2.24) is 0 Å². The maximum atomic E-state index is 11.4. The Morgan fingerprint density at radius 3 is 2.80 bits per heavy atom. The molecule has 0 saturated heterocycles. The number of nitrogens with one attached hydrogen (secondary N) is 1. The van der Waals surface area contributed by atoms with Gasteiger partial charge in [0.2, 0.25) is 5.91 Å². The lowest BCUT2D eigenvalue weighted by Crippen LogP contribution is -2.14. The highest BCUT2D eigenvalue weighted by atomic mass is 16.3. The van der Waals surface area contributed by atoms with Crippen LogP contribution >= 0.6 is 0 Å². The molecule has 4 heteroatoms. The molecular formula is C11H16N2O2. The SMILES string of the molecule is NCc1ccccc1NC(=O)CCCO. The summed E-state index contributed by atoms with van der Waals surface area (Å²) in [5.41, 5.74) is 7.20. The number of para-hydroxylation sites is 1. The Balaban J connectivity index is 2.59. The lowest BCUT2D eigenvalue weighted by Gasteiger charge is -2.08. The van der Waals surface area contributed by atoms with E-state index in [1.165, 1.54) is 0 Å². The molecule has 0 atom stereocenters. The zero-order chi connectivity index (χ0) is 11.1. The van der Waals surface area contributed by atoms with Crippen molar-refractivity contribution in [3.8, 4) is 0 Å². The van der Waals surface area contributed by atoms with E-state index >= 15 is 0 Å². The number of aliphatic hydroxyl groups is 1. The maximum absolute atomic E-state index is 11.4. The summed E-state index contributed by atoms with van der Waals surface area (Å²) in [6, 6.07) is 7.42. The van der Waals surface area contributed by atoms with Crippen molar-refractivity contribution in [2.45, 2.75) is 19.4 Å². The minimum atomic E-state index is -0.0926. The molecular weight excluding hydrogens is 192 g/mol. The van der Waals surface area contributed by atoms with Crippen molar-refractivity contribution in [2.75, 3.05) is 11.9 Å². The van der Waals surface area contributed by atoms with Gasteiger partial charge in [0.05, 0.1) is 0 Å². The highest BCUT2D eigenvalue weighted by Gasteiger charge is 2.04. The van der Waals surface area contributed by atoms with Gasteiger partial charge in [0.15, 0.2) is 0 Å². The summed E-state index contributed by atoms with van der Waals surface area (Å²) in [5, 5.41) is 11.3. The molecule has 0 unspecified atom stereocenters. The van der Waals surface area contributed by atoms with E-state index in [9.17, 15) is 4.79 Å². The summed E-state index contributed by atoms with van der Waals surface area (Å²) in [6.07, 6.45) is 0.812. The number of rotatable bonds is 5. The predicted molar refractivity (Wildman–Crippen MR) is 59.3 cm³/mol. The molecule has 0 aromatic heterocycles. The quantitative estimate of drug-likeness (QED) is 0.671. The average Bonchev–Trinajstić information content (AvgIpc) is 2.27. The fourth-order valence-corrected chi connectivity index (χ4v) is 1.27. The first-order chi connectivity index (χ1) is 7.27.